The minimum atomic E-state index is -0.197. The molecule has 0 saturated heterocycles. The highest BCUT2D eigenvalue weighted by Gasteiger charge is 2.26. The zero-order chi connectivity index (χ0) is 14.5. The number of hydrogen-bond acceptors (Lipinski definition) is 3. The first-order valence-electron chi connectivity index (χ1n) is 7.27. The van der Waals surface area contributed by atoms with Gasteiger partial charge in [-0.1, -0.05) is 18.6 Å². The lowest BCUT2D eigenvalue weighted by molar-refractivity contribution is -0.117. The summed E-state index contributed by atoms with van der Waals surface area (Å²) in [5, 5.41) is 12.7. The van der Waals surface area contributed by atoms with Gasteiger partial charge in [-0.05, 0) is 50.4 Å². The van der Waals surface area contributed by atoms with Crippen molar-refractivity contribution >= 4 is 11.6 Å². The van der Waals surface area contributed by atoms with Crippen LogP contribution in [0.1, 0.15) is 24.8 Å². The van der Waals surface area contributed by atoms with Crippen LogP contribution in [0.15, 0.2) is 24.3 Å². The van der Waals surface area contributed by atoms with Gasteiger partial charge in [0.1, 0.15) is 0 Å². The van der Waals surface area contributed by atoms with Crippen molar-refractivity contribution < 1.29 is 9.90 Å². The van der Waals surface area contributed by atoms with Gasteiger partial charge in [0.2, 0.25) is 5.91 Å². The molecule has 1 fully saturated rings. The van der Waals surface area contributed by atoms with Gasteiger partial charge in [0, 0.05) is 12.2 Å². The van der Waals surface area contributed by atoms with Crippen molar-refractivity contribution in [1.29, 1.82) is 0 Å². The molecule has 2 N–H and O–H groups in total. The number of benzene rings is 1. The fourth-order valence-corrected chi connectivity index (χ4v) is 2.86. The largest absolute Gasteiger partial charge is 0.393 e. The van der Waals surface area contributed by atoms with Gasteiger partial charge in [0.15, 0.2) is 0 Å². The van der Waals surface area contributed by atoms with E-state index in [4.69, 9.17) is 0 Å². The van der Waals surface area contributed by atoms with Crippen molar-refractivity contribution in [2.45, 2.75) is 32.3 Å². The number of carbonyl (C=O) groups is 1. The van der Waals surface area contributed by atoms with Crippen LogP contribution in [0.2, 0.25) is 0 Å². The van der Waals surface area contributed by atoms with E-state index in [-0.39, 0.29) is 12.0 Å². The molecule has 0 spiro atoms. The van der Waals surface area contributed by atoms with Crippen molar-refractivity contribution in [3.05, 3.63) is 29.8 Å². The molecule has 1 aliphatic rings. The van der Waals surface area contributed by atoms with Crippen LogP contribution in [0, 0.1) is 12.8 Å². The molecule has 20 heavy (non-hydrogen) atoms. The molecule has 0 heterocycles. The van der Waals surface area contributed by atoms with Crippen LogP contribution < -0.4 is 5.32 Å². The quantitative estimate of drug-likeness (QED) is 0.865. The highest BCUT2D eigenvalue weighted by Crippen LogP contribution is 2.25. The molecule has 0 aromatic heterocycles. The molecule has 2 atom stereocenters. The Morgan fingerprint density at radius 2 is 2.25 bits per heavy atom. The van der Waals surface area contributed by atoms with E-state index in [9.17, 15) is 9.90 Å². The molecule has 4 nitrogen and oxygen atoms in total. The Morgan fingerprint density at radius 3 is 2.90 bits per heavy atom. The van der Waals surface area contributed by atoms with Crippen LogP contribution in [0.25, 0.3) is 0 Å². The number of nitrogens with zero attached hydrogens (tertiary/aromatic N) is 1. The SMILES string of the molecule is Cc1cccc(NC(=O)CN(C)CC2CCCC2O)c1. The first kappa shape index (κ1) is 15.0. The topological polar surface area (TPSA) is 52.6 Å². The summed E-state index contributed by atoms with van der Waals surface area (Å²) in [6.07, 6.45) is 2.85. The maximum Gasteiger partial charge on any atom is 0.238 e. The lowest BCUT2D eigenvalue weighted by atomic mass is 10.1. The summed E-state index contributed by atoms with van der Waals surface area (Å²) in [4.78, 5) is 14.0. The minimum Gasteiger partial charge on any atom is -0.393 e. The van der Waals surface area contributed by atoms with Gasteiger partial charge in [0.25, 0.3) is 0 Å². The third-order valence-electron chi connectivity index (χ3n) is 3.88. The first-order valence-corrected chi connectivity index (χ1v) is 7.27. The molecule has 1 aromatic carbocycles. The van der Waals surface area contributed by atoms with E-state index in [1.165, 1.54) is 0 Å². The van der Waals surface area contributed by atoms with Gasteiger partial charge in [-0.15, -0.1) is 0 Å². The Kier molecular flexibility index (Phi) is 5.15. The Morgan fingerprint density at radius 1 is 1.45 bits per heavy atom. The van der Waals surface area contributed by atoms with Gasteiger partial charge >= 0.3 is 0 Å². The third-order valence-corrected chi connectivity index (χ3v) is 3.88. The summed E-state index contributed by atoms with van der Waals surface area (Å²) in [6.45, 7) is 3.14. The minimum absolute atomic E-state index is 0.00872. The van der Waals surface area contributed by atoms with Gasteiger partial charge in [-0.2, -0.15) is 0 Å². The van der Waals surface area contributed by atoms with Gasteiger partial charge in [-0.3, -0.25) is 9.69 Å². The number of anilines is 1. The van der Waals surface area contributed by atoms with E-state index < -0.39 is 0 Å². The maximum absolute atomic E-state index is 12.0. The van der Waals surface area contributed by atoms with E-state index in [1.807, 2.05) is 43.1 Å². The lowest BCUT2D eigenvalue weighted by Gasteiger charge is -2.22. The van der Waals surface area contributed by atoms with Gasteiger partial charge in [0.05, 0.1) is 12.6 Å². The van der Waals surface area contributed by atoms with E-state index in [0.29, 0.717) is 12.5 Å². The highest BCUT2D eigenvalue weighted by molar-refractivity contribution is 5.92. The maximum atomic E-state index is 12.0. The van der Waals surface area contributed by atoms with Crippen molar-refractivity contribution in [2.75, 3.05) is 25.5 Å². The summed E-state index contributed by atoms with van der Waals surface area (Å²) >= 11 is 0. The normalized spacial score (nSPS) is 22.2. The average Bonchev–Trinajstić information content (AvgIpc) is 2.74. The number of aliphatic hydroxyl groups excluding tert-OH is 1. The summed E-state index contributed by atoms with van der Waals surface area (Å²) in [5.74, 6) is 0.303. The van der Waals surface area contributed by atoms with Crippen molar-refractivity contribution in [2.24, 2.45) is 5.92 Å². The van der Waals surface area contributed by atoms with Crippen LogP contribution in [-0.2, 0) is 4.79 Å². The molecular formula is C16H24N2O2. The number of rotatable bonds is 5. The number of amides is 1. The third kappa shape index (κ3) is 4.32. The molecule has 0 radical (unpaired) electrons. The fraction of sp³-hybridized carbons (Fsp3) is 0.562. The van der Waals surface area contributed by atoms with Crippen LogP contribution in [-0.4, -0.2) is 42.2 Å². The monoisotopic (exact) mass is 276 g/mol. The highest BCUT2D eigenvalue weighted by atomic mass is 16.3. The van der Waals surface area contributed by atoms with Crippen LogP contribution in [0.3, 0.4) is 0 Å². The molecule has 1 aliphatic carbocycles. The second kappa shape index (κ2) is 6.86. The summed E-state index contributed by atoms with van der Waals surface area (Å²) in [6, 6.07) is 7.79. The van der Waals surface area contributed by atoms with Crippen molar-refractivity contribution in [3.8, 4) is 0 Å². The molecule has 110 valence electrons. The van der Waals surface area contributed by atoms with Crippen LogP contribution >= 0.6 is 0 Å². The predicted molar refractivity (Wildman–Crippen MR) is 80.7 cm³/mol. The summed E-state index contributed by atoms with van der Waals surface area (Å²) in [7, 11) is 1.93. The van der Waals surface area contributed by atoms with Crippen LogP contribution in [0.4, 0.5) is 5.69 Å². The van der Waals surface area contributed by atoms with Gasteiger partial charge < -0.3 is 10.4 Å². The number of carbonyl (C=O) groups excluding carboxylic acids is 1. The average molecular weight is 276 g/mol. The summed E-state index contributed by atoms with van der Waals surface area (Å²) in [5.41, 5.74) is 1.97. The van der Waals surface area contributed by atoms with E-state index in [0.717, 1.165) is 37.1 Å². The summed E-state index contributed by atoms with van der Waals surface area (Å²) < 4.78 is 0. The molecule has 1 aromatic rings. The number of hydrogen-bond donors (Lipinski definition) is 2. The molecule has 2 rings (SSSR count). The molecule has 0 bridgehead atoms. The van der Waals surface area contributed by atoms with Crippen LogP contribution in [0.5, 0.6) is 0 Å². The Bertz CT molecular complexity index is 462. The van der Waals surface area contributed by atoms with Crippen molar-refractivity contribution in [1.82, 2.24) is 4.90 Å². The van der Waals surface area contributed by atoms with E-state index in [1.54, 1.807) is 0 Å². The number of aryl methyl sites for hydroxylation is 1. The smallest absolute Gasteiger partial charge is 0.238 e. The molecule has 1 saturated carbocycles. The molecule has 4 heteroatoms. The molecule has 2 unspecified atom stereocenters. The van der Waals surface area contributed by atoms with E-state index >= 15 is 0 Å². The van der Waals surface area contributed by atoms with Crippen molar-refractivity contribution in [3.63, 3.8) is 0 Å². The predicted octanol–water partition coefficient (Wildman–Crippen LogP) is 2.03. The zero-order valence-electron chi connectivity index (χ0n) is 12.3. The zero-order valence-corrected chi connectivity index (χ0v) is 12.3. The molecule has 1 amide bonds. The number of aliphatic hydroxyl groups is 1. The molecule has 0 aliphatic heterocycles. The lowest BCUT2D eigenvalue weighted by Crippen LogP contribution is -2.35. The second-order valence-corrected chi connectivity index (χ2v) is 5.87. The Balaban J connectivity index is 1.79. The molecular weight excluding hydrogens is 252 g/mol. The first-order chi connectivity index (χ1) is 9.54. The Hall–Kier alpha value is -1.39. The standard InChI is InChI=1S/C16H24N2O2/c1-12-5-3-7-14(9-12)17-16(20)11-18(2)10-13-6-4-8-15(13)19/h3,5,7,9,13,15,19H,4,6,8,10-11H2,1-2H3,(H,17,20). The Labute approximate surface area is 120 Å². The van der Waals surface area contributed by atoms with E-state index in [2.05, 4.69) is 5.32 Å². The fourth-order valence-electron chi connectivity index (χ4n) is 2.86. The second-order valence-electron chi connectivity index (χ2n) is 5.87. The van der Waals surface area contributed by atoms with Gasteiger partial charge in [-0.25, -0.2) is 0 Å². The number of likely N-dealkylation sites (N-methyl/N-ethyl adjacent to an activating group) is 1. The number of nitrogens with one attached hydrogen (secondary N) is 1.